The van der Waals surface area contributed by atoms with E-state index in [4.69, 9.17) is 4.42 Å². The number of carbonyl (C=O) groups is 1. The van der Waals surface area contributed by atoms with Gasteiger partial charge in [-0.2, -0.15) is 0 Å². The van der Waals surface area contributed by atoms with Crippen LogP contribution in [0.5, 0.6) is 0 Å². The lowest BCUT2D eigenvalue weighted by atomic mass is 10.3. The van der Waals surface area contributed by atoms with Crippen LogP contribution in [0, 0.1) is 6.92 Å². The number of rotatable bonds is 3. The number of oxazole rings is 1. The highest BCUT2D eigenvalue weighted by Gasteiger charge is 2.16. The van der Waals surface area contributed by atoms with Crippen molar-refractivity contribution in [1.29, 1.82) is 0 Å². The average Bonchev–Trinajstić information content (AvgIpc) is 2.51. The largest absolute Gasteiger partial charge is 0.444 e. The molecule has 1 aromatic heterocycles. The Labute approximate surface area is 91.2 Å². The lowest BCUT2D eigenvalue weighted by Crippen LogP contribution is -2.31. The summed E-state index contributed by atoms with van der Waals surface area (Å²) in [4.78, 5) is 15.1. The number of halogens is 1. The van der Waals surface area contributed by atoms with Crippen molar-refractivity contribution < 1.29 is 9.21 Å². The Morgan fingerprint density at radius 1 is 1.64 bits per heavy atom. The molecular formula is C9H13BrN2O2. The Morgan fingerprint density at radius 2 is 2.29 bits per heavy atom. The summed E-state index contributed by atoms with van der Waals surface area (Å²) in [6.07, 6.45) is 1.63. The van der Waals surface area contributed by atoms with Gasteiger partial charge in [-0.3, -0.25) is 4.79 Å². The fourth-order valence-corrected chi connectivity index (χ4v) is 1.09. The molecule has 1 rings (SSSR count). The standard InChI is InChI=1S/C9H13BrN2O2/c1-5-4-11-9(14-5)7(3)12-8(13)6(2)10/h4,6-7H,1-3H3,(H,12,13). The summed E-state index contributed by atoms with van der Waals surface area (Å²) in [6, 6.07) is -0.198. The van der Waals surface area contributed by atoms with Crippen molar-refractivity contribution >= 4 is 21.8 Å². The molecule has 0 aromatic carbocycles. The van der Waals surface area contributed by atoms with Gasteiger partial charge in [0, 0.05) is 0 Å². The van der Waals surface area contributed by atoms with Gasteiger partial charge in [0.15, 0.2) is 0 Å². The molecule has 0 bridgehead atoms. The van der Waals surface area contributed by atoms with E-state index in [2.05, 4.69) is 26.2 Å². The molecule has 2 atom stereocenters. The molecule has 1 amide bonds. The number of nitrogens with one attached hydrogen (secondary N) is 1. The molecule has 4 nitrogen and oxygen atoms in total. The summed E-state index contributed by atoms with van der Waals surface area (Å²) in [5.74, 6) is 1.20. The number of amides is 1. The number of nitrogens with zero attached hydrogens (tertiary/aromatic N) is 1. The van der Waals surface area contributed by atoms with E-state index in [1.807, 2.05) is 13.8 Å². The maximum Gasteiger partial charge on any atom is 0.234 e. The van der Waals surface area contributed by atoms with Crippen LogP contribution in [0.3, 0.4) is 0 Å². The topological polar surface area (TPSA) is 55.1 Å². The van der Waals surface area contributed by atoms with E-state index >= 15 is 0 Å². The second-order valence-corrected chi connectivity index (χ2v) is 4.53. The quantitative estimate of drug-likeness (QED) is 0.846. The lowest BCUT2D eigenvalue weighted by Gasteiger charge is -2.11. The SMILES string of the molecule is Cc1cnc(C(C)NC(=O)C(C)Br)o1. The van der Waals surface area contributed by atoms with Crippen molar-refractivity contribution in [3.8, 4) is 0 Å². The Kier molecular flexibility index (Phi) is 3.69. The Morgan fingerprint density at radius 3 is 2.71 bits per heavy atom. The van der Waals surface area contributed by atoms with Crippen LogP contribution in [0.15, 0.2) is 10.6 Å². The molecule has 5 heteroatoms. The average molecular weight is 261 g/mol. The predicted molar refractivity (Wildman–Crippen MR) is 56.2 cm³/mol. The molecule has 1 N–H and O–H groups in total. The van der Waals surface area contributed by atoms with E-state index in [-0.39, 0.29) is 16.8 Å². The van der Waals surface area contributed by atoms with E-state index in [9.17, 15) is 4.79 Å². The molecular weight excluding hydrogens is 248 g/mol. The van der Waals surface area contributed by atoms with Gasteiger partial charge in [0.2, 0.25) is 11.8 Å². The minimum atomic E-state index is -0.207. The number of carbonyl (C=O) groups excluding carboxylic acids is 1. The van der Waals surface area contributed by atoms with Crippen LogP contribution < -0.4 is 5.32 Å². The first-order valence-electron chi connectivity index (χ1n) is 4.37. The highest BCUT2D eigenvalue weighted by atomic mass is 79.9. The monoisotopic (exact) mass is 260 g/mol. The summed E-state index contributed by atoms with van der Waals surface area (Å²) in [5.41, 5.74) is 0. The first-order valence-corrected chi connectivity index (χ1v) is 5.29. The number of hydrogen-bond acceptors (Lipinski definition) is 3. The first kappa shape index (κ1) is 11.2. The Balaban J connectivity index is 2.59. The van der Waals surface area contributed by atoms with Crippen LogP contribution in [0.4, 0.5) is 0 Å². The number of aryl methyl sites for hydroxylation is 1. The van der Waals surface area contributed by atoms with Gasteiger partial charge in [-0.05, 0) is 20.8 Å². The van der Waals surface area contributed by atoms with Gasteiger partial charge in [-0.25, -0.2) is 4.98 Å². The van der Waals surface area contributed by atoms with Crippen molar-refractivity contribution in [2.24, 2.45) is 0 Å². The van der Waals surface area contributed by atoms with Crippen LogP contribution in [-0.4, -0.2) is 15.7 Å². The van der Waals surface area contributed by atoms with Gasteiger partial charge in [-0.1, -0.05) is 15.9 Å². The normalized spacial score (nSPS) is 14.9. The molecule has 0 saturated heterocycles. The van der Waals surface area contributed by atoms with Gasteiger partial charge in [-0.15, -0.1) is 0 Å². The van der Waals surface area contributed by atoms with E-state index in [0.717, 1.165) is 5.76 Å². The predicted octanol–water partition coefficient (Wildman–Crippen LogP) is 1.94. The summed E-state index contributed by atoms with van der Waals surface area (Å²) < 4.78 is 5.28. The van der Waals surface area contributed by atoms with Gasteiger partial charge in [0.05, 0.1) is 11.0 Å². The molecule has 0 aliphatic carbocycles. The number of hydrogen-bond donors (Lipinski definition) is 1. The molecule has 2 unspecified atom stereocenters. The van der Waals surface area contributed by atoms with E-state index < -0.39 is 0 Å². The molecule has 0 saturated carbocycles. The lowest BCUT2D eigenvalue weighted by molar-refractivity contribution is -0.120. The van der Waals surface area contributed by atoms with Crippen LogP contribution in [0.2, 0.25) is 0 Å². The summed E-state index contributed by atoms with van der Waals surface area (Å²) >= 11 is 3.18. The summed E-state index contributed by atoms with van der Waals surface area (Å²) in [6.45, 7) is 5.42. The molecule has 1 heterocycles. The molecule has 14 heavy (non-hydrogen) atoms. The molecule has 78 valence electrons. The summed E-state index contributed by atoms with van der Waals surface area (Å²) in [7, 11) is 0. The molecule has 0 fully saturated rings. The van der Waals surface area contributed by atoms with Crippen molar-refractivity contribution in [2.45, 2.75) is 31.6 Å². The third kappa shape index (κ3) is 2.83. The molecule has 0 aliphatic heterocycles. The third-order valence-corrected chi connectivity index (χ3v) is 2.15. The third-order valence-electron chi connectivity index (χ3n) is 1.73. The molecule has 0 aliphatic rings. The highest BCUT2D eigenvalue weighted by molar-refractivity contribution is 9.10. The van der Waals surface area contributed by atoms with E-state index in [1.165, 1.54) is 0 Å². The van der Waals surface area contributed by atoms with E-state index in [1.54, 1.807) is 13.1 Å². The van der Waals surface area contributed by atoms with Crippen LogP contribution >= 0.6 is 15.9 Å². The fraction of sp³-hybridized carbons (Fsp3) is 0.556. The van der Waals surface area contributed by atoms with Crippen molar-refractivity contribution in [3.05, 3.63) is 17.8 Å². The molecule has 0 radical (unpaired) electrons. The van der Waals surface area contributed by atoms with Gasteiger partial charge in [0.25, 0.3) is 0 Å². The zero-order valence-electron chi connectivity index (χ0n) is 8.37. The smallest absolute Gasteiger partial charge is 0.234 e. The number of aromatic nitrogens is 1. The highest BCUT2D eigenvalue weighted by Crippen LogP contribution is 2.12. The summed E-state index contributed by atoms with van der Waals surface area (Å²) in [5, 5.41) is 2.77. The maximum absolute atomic E-state index is 11.3. The van der Waals surface area contributed by atoms with Gasteiger partial charge in [0.1, 0.15) is 11.8 Å². The maximum atomic E-state index is 11.3. The van der Waals surface area contributed by atoms with Gasteiger partial charge >= 0.3 is 0 Å². The Hall–Kier alpha value is -0.840. The van der Waals surface area contributed by atoms with Crippen LogP contribution in [-0.2, 0) is 4.79 Å². The second-order valence-electron chi connectivity index (χ2n) is 3.16. The van der Waals surface area contributed by atoms with Gasteiger partial charge < -0.3 is 9.73 Å². The molecule has 0 spiro atoms. The molecule has 1 aromatic rings. The van der Waals surface area contributed by atoms with Crippen LogP contribution in [0.1, 0.15) is 31.5 Å². The zero-order valence-corrected chi connectivity index (χ0v) is 9.96. The van der Waals surface area contributed by atoms with Crippen molar-refractivity contribution in [3.63, 3.8) is 0 Å². The van der Waals surface area contributed by atoms with Crippen LogP contribution in [0.25, 0.3) is 0 Å². The second kappa shape index (κ2) is 4.59. The van der Waals surface area contributed by atoms with Crippen molar-refractivity contribution in [2.75, 3.05) is 0 Å². The van der Waals surface area contributed by atoms with E-state index in [0.29, 0.717) is 5.89 Å². The first-order chi connectivity index (χ1) is 6.50. The zero-order chi connectivity index (χ0) is 10.7. The fourth-order valence-electron chi connectivity index (χ4n) is 0.962. The number of alkyl halides is 1. The van der Waals surface area contributed by atoms with Crippen molar-refractivity contribution in [1.82, 2.24) is 10.3 Å². The minimum absolute atomic E-state index is 0.0756. The minimum Gasteiger partial charge on any atom is -0.444 e. The Bertz CT molecular complexity index is 322.